The first-order valence-corrected chi connectivity index (χ1v) is 13.7. The second-order valence-corrected chi connectivity index (χ2v) is 14.1. The maximum absolute atomic E-state index is 12.9. The SMILES string of the molecule is COC(=O)[C@]1(C)CC[C@]2(C)CC[C@]3(C)C4=CC=C5C(=CC(=O)[C@H](O)[C@@]5(C)CO)[C@]4(C)CC[C@@]3(C)[C@@H]2C1. The Morgan fingerprint density at radius 2 is 1.64 bits per heavy atom. The van der Waals surface area contributed by atoms with Crippen molar-refractivity contribution in [2.24, 2.45) is 38.4 Å². The number of ether oxygens (including phenoxy) is 1. The molecule has 0 aromatic rings. The molecule has 5 heteroatoms. The van der Waals surface area contributed by atoms with E-state index in [2.05, 4.69) is 46.8 Å². The van der Waals surface area contributed by atoms with Crippen LogP contribution in [0.5, 0.6) is 0 Å². The van der Waals surface area contributed by atoms with Gasteiger partial charge in [-0.15, -0.1) is 0 Å². The number of carbonyl (C=O) groups is 2. The Bertz CT molecular complexity index is 1120. The molecule has 0 radical (unpaired) electrons. The molecule has 3 saturated carbocycles. The first-order valence-electron chi connectivity index (χ1n) is 13.7. The summed E-state index contributed by atoms with van der Waals surface area (Å²) in [5.74, 6) is -0.000756. The Kier molecular flexibility index (Phi) is 5.51. The number of carbonyl (C=O) groups excluding carboxylic acids is 2. The summed E-state index contributed by atoms with van der Waals surface area (Å²) in [5, 5.41) is 21.0. The number of hydrogen-bond donors (Lipinski definition) is 2. The third-order valence-corrected chi connectivity index (χ3v) is 12.4. The van der Waals surface area contributed by atoms with Crippen molar-refractivity contribution in [1.29, 1.82) is 0 Å². The topological polar surface area (TPSA) is 83.8 Å². The predicted octanol–water partition coefficient (Wildman–Crippen LogP) is 5.31. The van der Waals surface area contributed by atoms with Crippen LogP contribution >= 0.6 is 0 Å². The average Bonchev–Trinajstić information content (AvgIpc) is 2.85. The van der Waals surface area contributed by atoms with E-state index in [1.54, 1.807) is 13.0 Å². The number of allylic oxidation sites excluding steroid dienone is 4. The molecule has 0 unspecified atom stereocenters. The van der Waals surface area contributed by atoms with Gasteiger partial charge >= 0.3 is 5.97 Å². The smallest absolute Gasteiger partial charge is 0.311 e. The first kappa shape index (κ1) is 25.9. The highest BCUT2D eigenvalue weighted by molar-refractivity contribution is 5.98. The molecular formula is C31H44O5. The van der Waals surface area contributed by atoms with Gasteiger partial charge < -0.3 is 14.9 Å². The lowest BCUT2D eigenvalue weighted by molar-refractivity contribution is -0.180. The van der Waals surface area contributed by atoms with Crippen LogP contribution in [0.15, 0.2) is 34.9 Å². The molecule has 0 spiro atoms. The van der Waals surface area contributed by atoms with E-state index in [1.165, 1.54) is 12.7 Å². The molecule has 5 nitrogen and oxygen atoms in total. The molecule has 36 heavy (non-hydrogen) atoms. The van der Waals surface area contributed by atoms with Crippen molar-refractivity contribution in [3.8, 4) is 0 Å². The Morgan fingerprint density at radius 3 is 2.28 bits per heavy atom. The molecule has 198 valence electrons. The highest BCUT2D eigenvalue weighted by Gasteiger charge is 2.68. The van der Waals surface area contributed by atoms with Gasteiger partial charge in [0, 0.05) is 10.8 Å². The van der Waals surface area contributed by atoms with E-state index in [1.807, 2.05) is 0 Å². The molecule has 3 fully saturated rings. The Hall–Kier alpha value is -1.72. The number of hydrogen-bond acceptors (Lipinski definition) is 5. The van der Waals surface area contributed by atoms with Crippen LogP contribution in [0.2, 0.25) is 0 Å². The van der Waals surface area contributed by atoms with Crippen molar-refractivity contribution in [3.63, 3.8) is 0 Å². The van der Waals surface area contributed by atoms with Crippen LogP contribution in [0.1, 0.15) is 86.5 Å². The molecule has 0 saturated heterocycles. The van der Waals surface area contributed by atoms with E-state index >= 15 is 0 Å². The molecule has 8 atom stereocenters. The van der Waals surface area contributed by atoms with Crippen LogP contribution in [0, 0.1) is 38.4 Å². The normalized spacial score (nSPS) is 49.9. The van der Waals surface area contributed by atoms with E-state index in [0.29, 0.717) is 5.92 Å². The van der Waals surface area contributed by atoms with Crippen molar-refractivity contribution in [3.05, 3.63) is 34.9 Å². The van der Waals surface area contributed by atoms with E-state index in [9.17, 15) is 19.8 Å². The van der Waals surface area contributed by atoms with E-state index in [4.69, 9.17) is 4.74 Å². The number of aliphatic hydroxyl groups excluding tert-OH is 2. The Morgan fingerprint density at radius 1 is 0.972 bits per heavy atom. The first-order chi connectivity index (χ1) is 16.7. The summed E-state index contributed by atoms with van der Waals surface area (Å²) in [6, 6.07) is 0. The van der Waals surface area contributed by atoms with E-state index < -0.39 is 16.9 Å². The van der Waals surface area contributed by atoms with Gasteiger partial charge in [0.25, 0.3) is 0 Å². The lowest BCUT2D eigenvalue weighted by Gasteiger charge is -2.70. The quantitative estimate of drug-likeness (QED) is 0.506. The van der Waals surface area contributed by atoms with Gasteiger partial charge in [0.1, 0.15) is 6.10 Å². The molecule has 0 aliphatic heterocycles. The molecule has 0 heterocycles. The molecule has 5 aliphatic rings. The third-order valence-electron chi connectivity index (χ3n) is 12.4. The Labute approximate surface area is 216 Å². The molecule has 5 rings (SSSR count). The minimum atomic E-state index is -1.23. The predicted molar refractivity (Wildman–Crippen MR) is 139 cm³/mol. The second-order valence-electron chi connectivity index (χ2n) is 14.1. The summed E-state index contributed by atoms with van der Waals surface area (Å²) < 4.78 is 5.27. The van der Waals surface area contributed by atoms with E-state index in [0.717, 1.165) is 56.1 Å². The number of esters is 1. The highest BCUT2D eigenvalue weighted by Crippen LogP contribution is 2.75. The minimum absolute atomic E-state index is 0.00538. The zero-order chi connectivity index (χ0) is 26.5. The monoisotopic (exact) mass is 496 g/mol. The van der Waals surface area contributed by atoms with Crippen LogP contribution in [-0.4, -0.2) is 41.8 Å². The third kappa shape index (κ3) is 2.96. The molecule has 0 aromatic carbocycles. The zero-order valence-electron chi connectivity index (χ0n) is 23.2. The fourth-order valence-corrected chi connectivity index (χ4v) is 9.40. The van der Waals surface area contributed by atoms with Gasteiger partial charge in [-0.1, -0.05) is 52.3 Å². The number of aliphatic hydroxyl groups is 2. The highest BCUT2D eigenvalue weighted by atomic mass is 16.5. The van der Waals surface area contributed by atoms with Crippen molar-refractivity contribution in [2.45, 2.75) is 92.6 Å². The lowest BCUT2D eigenvalue weighted by atomic mass is 9.34. The molecule has 0 aromatic heterocycles. The number of ketones is 1. The van der Waals surface area contributed by atoms with Gasteiger partial charge in [-0.2, -0.15) is 0 Å². The summed E-state index contributed by atoms with van der Waals surface area (Å²) in [6.07, 6.45) is 11.6. The van der Waals surface area contributed by atoms with Gasteiger partial charge in [-0.05, 0) is 91.3 Å². The average molecular weight is 497 g/mol. The molecule has 2 N–H and O–H groups in total. The van der Waals surface area contributed by atoms with Crippen molar-refractivity contribution < 1.29 is 24.5 Å². The number of rotatable bonds is 2. The van der Waals surface area contributed by atoms with E-state index in [-0.39, 0.29) is 40.0 Å². The van der Waals surface area contributed by atoms with Gasteiger partial charge in [-0.3, -0.25) is 9.59 Å². The summed E-state index contributed by atoms with van der Waals surface area (Å²) in [6.45, 7) is 13.2. The fraction of sp³-hybridized carbons (Fsp3) is 0.742. The molecule has 5 aliphatic carbocycles. The van der Waals surface area contributed by atoms with Crippen LogP contribution in [0.3, 0.4) is 0 Å². The maximum atomic E-state index is 12.9. The molecule has 0 amide bonds. The lowest BCUT2D eigenvalue weighted by Crippen LogP contribution is -2.62. The summed E-state index contributed by atoms with van der Waals surface area (Å²) in [5.41, 5.74) is 1.59. The van der Waals surface area contributed by atoms with Crippen LogP contribution in [0.4, 0.5) is 0 Å². The zero-order valence-corrected chi connectivity index (χ0v) is 23.2. The van der Waals surface area contributed by atoms with Crippen molar-refractivity contribution in [2.75, 3.05) is 13.7 Å². The van der Waals surface area contributed by atoms with Crippen LogP contribution < -0.4 is 0 Å². The second kappa shape index (κ2) is 7.66. The van der Waals surface area contributed by atoms with Crippen LogP contribution in [0.25, 0.3) is 0 Å². The standard InChI is InChI=1S/C31H44O5/c1-26-10-11-27(2,25(35)36-7)17-23(26)31(6)15-13-28(3)20-16-21(33)24(34)29(4,18-32)19(20)8-9-22(28)30(31,5)14-12-26/h8-9,16,23-24,32,34H,10-15,17-18H2,1-7H3/t23-,24+,26-,27-,28+,29+,30-,31+/m1/s1. The summed E-state index contributed by atoms with van der Waals surface area (Å²) in [4.78, 5) is 25.8. The van der Waals surface area contributed by atoms with Crippen LogP contribution in [-0.2, 0) is 14.3 Å². The van der Waals surface area contributed by atoms with Gasteiger partial charge in [0.15, 0.2) is 5.78 Å². The van der Waals surface area contributed by atoms with Crippen molar-refractivity contribution >= 4 is 11.8 Å². The summed E-state index contributed by atoms with van der Waals surface area (Å²) in [7, 11) is 1.51. The maximum Gasteiger partial charge on any atom is 0.311 e. The summed E-state index contributed by atoms with van der Waals surface area (Å²) >= 11 is 0. The van der Waals surface area contributed by atoms with Gasteiger partial charge in [0.05, 0.1) is 19.1 Å². The van der Waals surface area contributed by atoms with Crippen molar-refractivity contribution in [1.82, 2.24) is 0 Å². The fourth-order valence-electron chi connectivity index (χ4n) is 9.40. The van der Waals surface area contributed by atoms with Gasteiger partial charge in [0.2, 0.25) is 0 Å². The molecule has 0 bridgehead atoms. The largest absolute Gasteiger partial charge is 0.469 e. The number of fused-ring (bicyclic) bond motifs is 7. The van der Waals surface area contributed by atoms with Gasteiger partial charge in [-0.25, -0.2) is 0 Å². The number of methoxy groups -OCH3 is 1. The Balaban J connectivity index is 1.64. The molecular weight excluding hydrogens is 452 g/mol. The minimum Gasteiger partial charge on any atom is -0.469 e.